The van der Waals surface area contributed by atoms with Crippen LogP contribution in [-0.2, 0) is 11.3 Å². The molecule has 0 fully saturated rings. The number of hydrogen-bond acceptors (Lipinski definition) is 3. The molecule has 1 aliphatic heterocycles. The number of cyclic esters (lactones) is 1. The number of aryl methyl sites for hydroxylation is 1. The second kappa shape index (κ2) is 3.83. The Morgan fingerprint density at radius 1 is 1.44 bits per heavy atom. The van der Waals surface area contributed by atoms with E-state index in [1.165, 1.54) is 0 Å². The molecule has 1 aliphatic rings. The molecule has 0 unspecified atom stereocenters. The predicted octanol–water partition coefficient (Wildman–Crippen LogP) is 2.59. The zero-order chi connectivity index (χ0) is 12.7. The number of nitrogens with one attached hydrogen (secondary N) is 2. The van der Waals surface area contributed by atoms with Gasteiger partial charge < -0.3 is 9.72 Å². The fraction of sp³-hybridized carbons (Fsp3) is 0.167. The average Bonchev–Trinajstić information content (AvgIpc) is 2.68. The zero-order valence-corrected chi connectivity index (χ0v) is 9.58. The normalized spacial score (nSPS) is 13.8. The molecule has 0 saturated carbocycles. The average molecular weight is 247 g/mol. The molecule has 2 heterocycles. The molecule has 0 aliphatic carbocycles. The molecule has 0 spiro atoms. The molecule has 1 aromatic heterocycles. The molecule has 2 N–H and O–H groups in total. The summed E-state index contributed by atoms with van der Waals surface area (Å²) < 4.78 is 18.4. The summed E-state index contributed by atoms with van der Waals surface area (Å²) in [4.78, 5) is 17.6. The quantitative estimate of drug-likeness (QED) is 0.813. The summed E-state index contributed by atoms with van der Waals surface area (Å²) in [5.41, 5.74) is 2.50. The number of ether oxygens (including phenoxy) is 1. The van der Waals surface area contributed by atoms with Crippen molar-refractivity contribution in [2.24, 2.45) is 0 Å². The van der Waals surface area contributed by atoms with Crippen molar-refractivity contribution in [3.8, 4) is 11.3 Å². The van der Waals surface area contributed by atoms with Gasteiger partial charge in [0.25, 0.3) is 0 Å². The molecule has 1 aromatic carbocycles. The number of carbonyl (C=O) groups excluding carboxylic acids is 1. The summed E-state index contributed by atoms with van der Waals surface area (Å²) in [6.07, 6.45) is -0.473. The number of nitrogens with zero attached hydrogens (tertiary/aromatic N) is 1. The van der Waals surface area contributed by atoms with Gasteiger partial charge in [0.2, 0.25) is 5.95 Å². The van der Waals surface area contributed by atoms with Crippen LogP contribution in [0.5, 0.6) is 0 Å². The van der Waals surface area contributed by atoms with Crippen molar-refractivity contribution >= 4 is 11.8 Å². The Morgan fingerprint density at radius 3 is 3.00 bits per heavy atom. The van der Waals surface area contributed by atoms with Gasteiger partial charge in [0, 0.05) is 11.1 Å². The van der Waals surface area contributed by atoms with Gasteiger partial charge in [-0.15, -0.1) is 0 Å². The van der Waals surface area contributed by atoms with Crippen molar-refractivity contribution in [2.75, 3.05) is 5.32 Å². The molecule has 2 aromatic rings. The largest absolute Gasteiger partial charge is 0.444 e. The van der Waals surface area contributed by atoms with Crippen LogP contribution in [0.4, 0.5) is 14.9 Å². The Morgan fingerprint density at radius 2 is 2.28 bits per heavy atom. The highest BCUT2D eigenvalue weighted by Gasteiger charge is 2.17. The van der Waals surface area contributed by atoms with E-state index in [0.29, 0.717) is 22.8 Å². The van der Waals surface area contributed by atoms with E-state index in [4.69, 9.17) is 4.74 Å². The van der Waals surface area contributed by atoms with E-state index < -0.39 is 12.0 Å². The molecule has 0 atom stereocenters. The van der Waals surface area contributed by atoms with Gasteiger partial charge >= 0.3 is 6.09 Å². The van der Waals surface area contributed by atoms with E-state index in [-0.39, 0.29) is 6.61 Å². The lowest BCUT2D eigenvalue weighted by Crippen LogP contribution is -2.20. The van der Waals surface area contributed by atoms with Crippen LogP contribution >= 0.6 is 0 Å². The summed E-state index contributed by atoms with van der Waals surface area (Å²) in [6, 6.07) is 5.21. The Bertz CT molecular complexity index is 636. The van der Waals surface area contributed by atoms with Crippen LogP contribution in [0.25, 0.3) is 11.3 Å². The number of halogens is 1. The van der Waals surface area contributed by atoms with Gasteiger partial charge in [-0.3, -0.25) is 5.32 Å². The maximum atomic E-state index is 13.5. The first-order chi connectivity index (χ1) is 8.63. The van der Waals surface area contributed by atoms with E-state index >= 15 is 0 Å². The number of H-pyrrole nitrogens is 1. The smallest absolute Gasteiger partial charge is 0.411 e. The van der Waals surface area contributed by atoms with Crippen molar-refractivity contribution < 1.29 is 13.9 Å². The number of aromatic amines is 1. The summed E-state index contributed by atoms with van der Waals surface area (Å²) >= 11 is 0. The molecule has 0 radical (unpaired) electrons. The number of aromatic nitrogens is 2. The second-order valence-electron chi connectivity index (χ2n) is 4.06. The standard InChI is InChI=1S/C12H10FN3O2/c1-6-14-10(11(13)15-6)7-2-3-9-8(4-7)5-18-12(17)16-9/h2-4H,5H2,1H3,(H,14,15)(H,16,17). The van der Waals surface area contributed by atoms with Crippen molar-refractivity contribution in [3.63, 3.8) is 0 Å². The number of anilines is 1. The molecule has 5 nitrogen and oxygen atoms in total. The molecule has 1 amide bonds. The van der Waals surface area contributed by atoms with Gasteiger partial charge in [0.15, 0.2) is 0 Å². The Kier molecular flexibility index (Phi) is 2.29. The number of rotatable bonds is 1. The van der Waals surface area contributed by atoms with Gasteiger partial charge in [0.05, 0.1) is 5.69 Å². The van der Waals surface area contributed by atoms with Crippen LogP contribution in [-0.4, -0.2) is 16.1 Å². The predicted molar refractivity (Wildman–Crippen MR) is 62.5 cm³/mol. The molecule has 18 heavy (non-hydrogen) atoms. The van der Waals surface area contributed by atoms with Gasteiger partial charge in [-0.05, 0) is 19.1 Å². The van der Waals surface area contributed by atoms with E-state index in [1.807, 2.05) is 0 Å². The Balaban J connectivity index is 2.05. The van der Waals surface area contributed by atoms with Gasteiger partial charge in [-0.1, -0.05) is 6.07 Å². The van der Waals surface area contributed by atoms with Crippen LogP contribution in [0.2, 0.25) is 0 Å². The summed E-state index contributed by atoms with van der Waals surface area (Å²) in [6.45, 7) is 1.87. The van der Waals surface area contributed by atoms with Crippen LogP contribution in [0.1, 0.15) is 11.4 Å². The van der Waals surface area contributed by atoms with Gasteiger partial charge in [-0.25, -0.2) is 9.78 Å². The third kappa shape index (κ3) is 1.71. The highest BCUT2D eigenvalue weighted by molar-refractivity contribution is 5.88. The maximum absolute atomic E-state index is 13.5. The van der Waals surface area contributed by atoms with E-state index in [2.05, 4.69) is 15.3 Å². The number of benzene rings is 1. The minimum absolute atomic E-state index is 0.184. The molecular formula is C12H10FN3O2. The summed E-state index contributed by atoms with van der Waals surface area (Å²) in [5.74, 6) is -0.0158. The number of fused-ring (bicyclic) bond motifs is 1. The zero-order valence-electron chi connectivity index (χ0n) is 9.58. The number of amides is 1. The topological polar surface area (TPSA) is 67.0 Å². The SMILES string of the molecule is Cc1nc(F)c(-c2ccc3c(c2)COC(=O)N3)[nH]1. The maximum Gasteiger partial charge on any atom is 0.411 e. The lowest BCUT2D eigenvalue weighted by molar-refractivity contribution is 0.151. The molecule has 0 saturated heterocycles. The lowest BCUT2D eigenvalue weighted by atomic mass is 10.1. The summed E-state index contributed by atoms with van der Waals surface area (Å²) in [5, 5.41) is 2.58. The number of hydrogen-bond donors (Lipinski definition) is 2. The van der Waals surface area contributed by atoms with Crippen LogP contribution in [0.3, 0.4) is 0 Å². The fourth-order valence-corrected chi connectivity index (χ4v) is 1.93. The van der Waals surface area contributed by atoms with Crippen LogP contribution < -0.4 is 5.32 Å². The van der Waals surface area contributed by atoms with Crippen molar-refractivity contribution in [1.29, 1.82) is 0 Å². The number of carbonyl (C=O) groups is 1. The highest BCUT2D eigenvalue weighted by atomic mass is 19.1. The Labute approximate surface area is 102 Å². The van der Waals surface area contributed by atoms with Crippen molar-refractivity contribution in [1.82, 2.24) is 9.97 Å². The van der Waals surface area contributed by atoms with Gasteiger partial charge in [-0.2, -0.15) is 4.39 Å². The summed E-state index contributed by atoms with van der Waals surface area (Å²) in [7, 11) is 0. The minimum Gasteiger partial charge on any atom is -0.444 e. The van der Waals surface area contributed by atoms with Crippen molar-refractivity contribution in [2.45, 2.75) is 13.5 Å². The Hall–Kier alpha value is -2.37. The highest BCUT2D eigenvalue weighted by Crippen LogP contribution is 2.28. The molecule has 3 rings (SSSR count). The van der Waals surface area contributed by atoms with E-state index in [0.717, 1.165) is 5.56 Å². The first-order valence-electron chi connectivity index (χ1n) is 5.42. The van der Waals surface area contributed by atoms with Crippen LogP contribution in [0, 0.1) is 12.9 Å². The first-order valence-corrected chi connectivity index (χ1v) is 5.42. The molecule has 92 valence electrons. The fourth-order valence-electron chi connectivity index (χ4n) is 1.93. The van der Waals surface area contributed by atoms with Crippen molar-refractivity contribution in [3.05, 3.63) is 35.5 Å². The lowest BCUT2D eigenvalue weighted by Gasteiger charge is -2.17. The molecule has 6 heteroatoms. The molecule has 0 bridgehead atoms. The van der Waals surface area contributed by atoms with Gasteiger partial charge in [0.1, 0.15) is 18.1 Å². The minimum atomic E-state index is -0.534. The second-order valence-corrected chi connectivity index (χ2v) is 4.06. The van der Waals surface area contributed by atoms with E-state index in [9.17, 15) is 9.18 Å². The first kappa shape index (κ1) is 10.8. The monoisotopic (exact) mass is 247 g/mol. The van der Waals surface area contributed by atoms with E-state index in [1.54, 1.807) is 25.1 Å². The third-order valence-corrected chi connectivity index (χ3v) is 2.77. The number of imidazole rings is 1. The molecular weight excluding hydrogens is 237 g/mol. The van der Waals surface area contributed by atoms with Crippen LogP contribution in [0.15, 0.2) is 18.2 Å². The third-order valence-electron chi connectivity index (χ3n) is 2.77.